The zero-order chi connectivity index (χ0) is 12.7. The van der Waals surface area contributed by atoms with Gasteiger partial charge < -0.3 is 9.88 Å². The van der Waals surface area contributed by atoms with Crippen LogP contribution in [0.2, 0.25) is 0 Å². The summed E-state index contributed by atoms with van der Waals surface area (Å²) < 4.78 is 2.22. The summed E-state index contributed by atoms with van der Waals surface area (Å²) in [6.07, 6.45) is 7.08. The van der Waals surface area contributed by atoms with Crippen LogP contribution in [-0.2, 0) is 6.54 Å². The van der Waals surface area contributed by atoms with Crippen molar-refractivity contribution in [3.8, 4) is 6.07 Å². The molecule has 1 atom stereocenters. The van der Waals surface area contributed by atoms with Crippen molar-refractivity contribution in [2.75, 3.05) is 7.05 Å². The van der Waals surface area contributed by atoms with Crippen LogP contribution in [-0.4, -0.2) is 11.6 Å². The molecule has 0 aliphatic heterocycles. The van der Waals surface area contributed by atoms with Crippen molar-refractivity contribution in [1.29, 1.82) is 5.26 Å². The molecule has 0 aliphatic rings. The van der Waals surface area contributed by atoms with E-state index in [0.29, 0.717) is 18.4 Å². The number of aryl methyl sites for hydroxylation is 1. The molecular weight excluding hydrogens is 210 g/mol. The summed E-state index contributed by atoms with van der Waals surface area (Å²) in [5.41, 5.74) is 1.35. The fourth-order valence-electron chi connectivity index (χ4n) is 2.17. The first kappa shape index (κ1) is 13.8. The van der Waals surface area contributed by atoms with E-state index in [1.54, 1.807) is 0 Å². The Morgan fingerprint density at radius 2 is 2.18 bits per heavy atom. The molecule has 0 aromatic carbocycles. The SMILES string of the molecule is CNC(c1ccn(CCCCC#N)c1)C(C)C. The lowest BCUT2D eigenvalue weighted by Gasteiger charge is -2.18. The molecule has 0 radical (unpaired) electrons. The van der Waals surface area contributed by atoms with Crippen molar-refractivity contribution < 1.29 is 0 Å². The number of hydrogen-bond donors (Lipinski definition) is 1. The fraction of sp³-hybridized carbons (Fsp3) is 0.643. The zero-order valence-electron chi connectivity index (χ0n) is 11.1. The van der Waals surface area contributed by atoms with Crippen molar-refractivity contribution >= 4 is 0 Å². The predicted molar refractivity (Wildman–Crippen MR) is 70.5 cm³/mol. The van der Waals surface area contributed by atoms with Crippen LogP contribution in [0.4, 0.5) is 0 Å². The molecule has 0 saturated carbocycles. The van der Waals surface area contributed by atoms with Gasteiger partial charge in [0.05, 0.1) is 6.07 Å². The van der Waals surface area contributed by atoms with Gasteiger partial charge in [-0.05, 0) is 37.4 Å². The van der Waals surface area contributed by atoms with Gasteiger partial charge in [-0.2, -0.15) is 5.26 Å². The lowest BCUT2D eigenvalue weighted by Crippen LogP contribution is -2.21. The average Bonchev–Trinajstić information content (AvgIpc) is 2.74. The van der Waals surface area contributed by atoms with E-state index < -0.39 is 0 Å². The molecule has 3 nitrogen and oxygen atoms in total. The minimum atomic E-state index is 0.426. The summed E-state index contributed by atoms with van der Waals surface area (Å²) in [5.74, 6) is 0.592. The molecule has 1 aromatic heterocycles. The minimum absolute atomic E-state index is 0.426. The smallest absolute Gasteiger partial charge is 0.0621 e. The number of aromatic nitrogens is 1. The molecule has 0 saturated heterocycles. The topological polar surface area (TPSA) is 40.8 Å². The molecule has 94 valence electrons. The molecule has 1 heterocycles. The minimum Gasteiger partial charge on any atom is -0.354 e. The monoisotopic (exact) mass is 233 g/mol. The number of hydrogen-bond acceptors (Lipinski definition) is 2. The Morgan fingerprint density at radius 1 is 1.41 bits per heavy atom. The summed E-state index contributed by atoms with van der Waals surface area (Å²) >= 11 is 0. The van der Waals surface area contributed by atoms with E-state index in [9.17, 15) is 0 Å². The summed E-state index contributed by atoms with van der Waals surface area (Å²) in [6.45, 7) is 5.47. The van der Waals surface area contributed by atoms with Crippen LogP contribution in [0.3, 0.4) is 0 Å². The maximum absolute atomic E-state index is 8.47. The third-order valence-corrected chi connectivity index (χ3v) is 3.07. The first-order chi connectivity index (χ1) is 8.19. The lowest BCUT2D eigenvalue weighted by molar-refractivity contribution is 0.442. The van der Waals surface area contributed by atoms with Crippen molar-refractivity contribution in [2.45, 2.75) is 45.7 Å². The Morgan fingerprint density at radius 3 is 2.76 bits per heavy atom. The standard InChI is InChI=1S/C14H23N3/c1-12(2)14(16-3)13-7-10-17(11-13)9-6-4-5-8-15/h7,10-12,14,16H,4-6,9H2,1-3H3. The van der Waals surface area contributed by atoms with Gasteiger partial charge in [-0.3, -0.25) is 0 Å². The van der Waals surface area contributed by atoms with Gasteiger partial charge in [0.25, 0.3) is 0 Å². The molecule has 1 unspecified atom stereocenters. The van der Waals surface area contributed by atoms with Crippen LogP contribution in [0, 0.1) is 17.2 Å². The van der Waals surface area contributed by atoms with E-state index in [2.05, 4.69) is 48.3 Å². The maximum Gasteiger partial charge on any atom is 0.0621 e. The highest BCUT2D eigenvalue weighted by molar-refractivity contribution is 5.16. The van der Waals surface area contributed by atoms with Gasteiger partial charge >= 0.3 is 0 Å². The van der Waals surface area contributed by atoms with Crippen LogP contribution in [0.15, 0.2) is 18.5 Å². The number of nitrogens with zero attached hydrogens (tertiary/aromatic N) is 2. The lowest BCUT2D eigenvalue weighted by atomic mass is 9.99. The van der Waals surface area contributed by atoms with Gasteiger partial charge in [-0.1, -0.05) is 13.8 Å². The molecule has 1 N–H and O–H groups in total. The van der Waals surface area contributed by atoms with Gasteiger partial charge in [0.1, 0.15) is 0 Å². The van der Waals surface area contributed by atoms with E-state index in [0.717, 1.165) is 19.4 Å². The van der Waals surface area contributed by atoms with Crippen molar-refractivity contribution in [3.05, 3.63) is 24.0 Å². The molecule has 0 fully saturated rings. The van der Waals surface area contributed by atoms with E-state index >= 15 is 0 Å². The molecule has 3 heteroatoms. The number of nitriles is 1. The third-order valence-electron chi connectivity index (χ3n) is 3.07. The molecule has 0 bridgehead atoms. The van der Waals surface area contributed by atoms with Gasteiger partial charge in [-0.15, -0.1) is 0 Å². The normalized spacial score (nSPS) is 12.6. The van der Waals surface area contributed by atoms with Gasteiger partial charge in [0.15, 0.2) is 0 Å². The van der Waals surface area contributed by atoms with Gasteiger partial charge in [0.2, 0.25) is 0 Å². The highest BCUT2D eigenvalue weighted by Crippen LogP contribution is 2.21. The van der Waals surface area contributed by atoms with Crippen LogP contribution < -0.4 is 5.32 Å². The molecule has 0 spiro atoms. The summed E-state index contributed by atoms with van der Waals surface area (Å²) in [5, 5.41) is 11.8. The second kappa shape index (κ2) is 7.13. The Hall–Kier alpha value is -1.27. The highest BCUT2D eigenvalue weighted by Gasteiger charge is 2.14. The van der Waals surface area contributed by atoms with Gasteiger partial charge in [-0.25, -0.2) is 0 Å². The predicted octanol–water partition coefficient (Wildman–Crippen LogP) is 3.10. The van der Waals surface area contributed by atoms with Crippen LogP contribution in [0.25, 0.3) is 0 Å². The second-order valence-electron chi connectivity index (χ2n) is 4.81. The van der Waals surface area contributed by atoms with Crippen molar-refractivity contribution in [3.63, 3.8) is 0 Å². The Bertz CT molecular complexity index is 360. The second-order valence-corrected chi connectivity index (χ2v) is 4.81. The molecule has 0 aliphatic carbocycles. The Kier molecular flexibility index (Phi) is 5.79. The first-order valence-corrected chi connectivity index (χ1v) is 6.39. The third kappa shape index (κ3) is 4.24. The Balaban J connectivity index is 2.50. The number of nitrogens with one attached hydrogen (secondary N) is 1. The zero-order valence-corrected chi connectivity index (χ0v) is 11.1. The van der Waals surface area contributed by atoms with Crippen LogP contribution in [0.1, 0.15) is 44.7 Å². The number of rotatable bonds is 7. The largest absolute Gasteiger partial charge is 0.354 e. The van der Waals surface area contributed by atoms with Crippen molar-refractivity contribution in [1.82, 2.24) is 9.88 Å². The van der Waals surface area contributed by atoms with Gasteiger partial charge in [0, 0.05) is 31.4 Å². The average molecular weight is 233 g/mol. The summed E-state index contributed by atoms with van der Waals surface area (Å²) in [7, 11) is 2.01. The van der Waals surface area contributed by atoms with E-state index in [1.165, 1.54) is 5.56 Å². The molecule has 0 amide bonds. The maximum atomic E-state index is 8.47. The molecule has 1 rings (SSSR count). The first-order valence-electron chi connectivity index (χ1n) is 6.39. The number of unbranched alkanes of at least 4 members (excludes halogenated alkanes) is 2. The van der Waals surface area contributed by atoms with Crippen LogP contribution in [0.5, 0.6) is 0 Å². The van der Waals surface area contributed by atoms with E-state index in [-0.39, 0.29) is 0 Å². The summed E-state index contributed by atoms with van der Waals surface area (Å²) in [6, 6.07) is 4.79. The van der Waals surface area contributed by atoms with Crippen LogP contribution >= 0.6 is 0 Å². The Labute approximate surface area is 104 Å². The fourth-order valence-corrected chi connectivity index (χ4v) is 2.17. The quantitative estimate of drug-likeness (QED) is 0.735. The molecule has 1 aromatic rings. The van der Waals surface area contributed by atoms with E-state index in [1.807, 2.05) is 7.05 Å². The molecular formula is C14H23N3. The molecule has 17 heavy (non-hydrogen) atoms. The summed E-state index contributed by atoms with van der Waals surface area (Å²) in [4.78, 5) is 0. The van der Waals surface area contributed by atoms with E-state index in [4.69, 9.17) is 5.26 Å². The van der Waals surface area contributed by atoms with Crippen molar-refractivity contribution in [2.24, 2.45) is 5.92 Å². The highest BCUT2D eigenvalue weighted by atomic mass is 15.0.